The van der Waals surface area contributed by atoms with Crippen LogP contribution in [-0.2, 0) is 0 Å². The molecule has 1 aromatic heterocycles. The molecule has 0 aliphatic heterocycles. The average molecular weight is 356 g/mol. The minimum absolute atomic E-state index is 0.0714. The van der Waals surface area contributed by atoms with Crippen LogP contribution in [0.4, 0.5) is 17.1 Å². The number of benzene rings is 2. The molecule has 0 saturated heterocycles. The second kappa shape index (κ2) is 7.93. The van der Waals surface area contributed by atoms with Crippen LogP contribution in [0.5, 0.6) is 0 Å². The molecule has 27 heavy (non-hydrogen) atoms. The smallest absolute Gasteiger partial charge is 0.274 e. The van der Waals surface area contributed by atoms with Crippen molar-refractivity contribution in [3.05, 3.63) is 83.7 Å². The van der Waals surface area contributed by atoms with E-state index in [1.165, 1.54) is 13.1 Å². The van der Waals surface area contributed by atoms with Crippen LogP contribution < -0.4 is 10.6 Å². The van der Waals surface area contributed by atoms with Crippen LogP contribution in [0.2, 0.25) is 0 Å². The maximum Gasteiger partial charge on any atom is 0.274 e. The number of carbonyl (C=O) groups excluding carboxylic acids is 2. The lowest BCUT2D eigenvalue weighted by atomic mass is 10.1. The topological polar surface area (TPSA) is 94.9 Å². The molecule has 3 rings (SSSR count). The van der Waals surface area contributed by atoms with E-state index in [2.05, 4.69) is 21.7 Å². The second-order valence-corrected chi connectivity index (χ2v) is 5.84. The fourth-order valence-electron chi connectivity index (χ4n) is 2.44. The second-order valence-electron chi connectivity index (χ2n) is 5.84. The van der Waals surface area contributed by atoms with Gasteiger partial charge in [0.05, 0.1) is 11.6 Å². The van der Waals surface area contributed by atoms with Crippen molar-refractivity contribution >= 4 is 28.8 Å². The van der Waals surface area contributed by atoms with Crippen molar-refractivity contribution in [2.75, 3.05) is 10.6 Å². The van der Waals surface area contributed by atoms with Crippen LogP contribution in [0.15, 0.2) is 66.9 Å². The number of pyridine rings is 1. The summed E-state index contributed by atoms with van der Waals surface area (Å²) >= 11 is 0. The first-order valence-electron chi connectivity index (χ1n) is 8.21. The lowest BCUT2D eigenvalue weighted by Crippen LogP contribution is -2.14. The minimum atomic E-state index is -0.376. The van der Waals surface area contributed by atoms with Crippen LogP contribution in [0.25, 0.3) is 0 Å². The van der Waals surface area contributed by atoms with Gasteiger partial charge in [0, 0.05) is 28.8 Å². The third-order valence-electron chi connectivity index (χ3n) is 3.82. The van der Waals surface area contributed by atoms with Crippen LogP contribution in [0.3, 0.4) is 0 Å². The van der Waals surface area contributed by atoms with Gasteiger partial charge < -0.3 is 10.6 Å². The van der Waals surface area contributed by atoms with Crippen LogP contribution in [0.1, 0.15) is 33.3 Å². The number of carbonyl (C=O) groups is 2. The molecule has 0 saturated carbocycles. The summed E-state index contributed by atoms with van der Waals surface area (Å²) in [4.78, 5) is 28.0. The number of hydrogen-bond acceptors (Lipinski definition) is 5. The molecule has 132 valence electrons. The summed E-state index contributed by atoms with van der Waals surface area (Å²) < 4.78 is 0. The normalized spacial score (nSPS) is 9.93. The maximum absolute atomic E-state index is 12.5. The van der Waals surface area contributed by atoms with E-state index < -0.39 is 0 Å². The summed E-state index contributed by atoms with van der Waals surface area (Å²) in [7, 11) is 0. The summed E-state index contributed by atoms with van der Waals surface area (Å²) in [6, 6.07) is 19.2. The van der Waals surface area contributed by atoms with Gasteiger partial charge in [0.2, 0.25) is 0 Å². The molecule has 2 N–H and O–H groups in total. The largest absolute Gasteiger partial charge is 0.355 e. The van der Waals surface area contributed by atoms with E-state index in [-0.39, 0.29) is 17.4 Å². The number of hydrogen-bond donors (Lipinski definition) is 2. The van der Waals surface area contributed by atoms with Gasteiger partial charge in [-0.2, -0.15) is 5.26 Å². The van der Waals surface area contributed by atoms with Gasteiger partial charge in [-0.25, -0.2) is 0 Å². The number of nitrogens with zero attached hydrogens (tertiary/aromatic N) is 2. The van der Waals surface area contributed by atoms with Gasteiger partial charge in [-0.05, 0) is 55.5 Å². The van der Waals surface area contributed by atoms with Gasteiger partial charge in [-0.3, -0.25) is 14.6 Å². The van der Waals surface area contributed by atoms with Gasteiger partial charge >= 0.3 is 0 Å². The fourth-order valence-corrected chi connectivity index (χ4v) is 2.44. The van der Waals surface area contributed by atoms with Crippen molar-refractivity contribution in [1.82, 2.24) is 4.98 Å². The first kappa shape index (κ1) is 17.8. The van der Waals surface area contributed by atoms with Gasteiger partial charge in [-0.1, -0.05) is 12.1 Å². The Balaban J connectivity index is 1.74. The molecule has 0 fully saturated rings. The molecule has 0 spiro atoms. The highest BCUT2D eigenvalue weighted by atomic mass is 16.2. The number of ketones is 1. The van der Waals surface area contributed by atoms with Crippen molar-refractivity contribution in [3.8, 4) is 6.07 Å². The lowest BCUT2D eigenvalue weighted by molar-refractivity contribution is 0.100. The highest BCUT2D eigenvalue weighted by Gasteiger charge is 2.10. The van der Waals surface area contributed by atoms with E-state index >= 15 is 0 Å². The summed E-state index contributed by atoms with van der Waals surface area (Å²) in [5.74, 6) is -0.447. The molecule has 1 heterocycles. The van der Waals surface area contributed by atoms with Crippen molar-refractivity contribution in [3.63, 3.8) is 0 Å². The zero-order chi connectivity index (χ0) is 19.2. The van der Waals surface area contributed by atoms with Gasteiger partial charge in [0.15, 0.2) is 5.78 Å². The van der Waals surface area contributed by atoms with Crippen LogP contribution in [-0.4, -0.2) is 16.7 Å². The van der Waals surface area contributed by atoms with Crippen LogP contribution in [0, 0.1) is 11.3 Å². The summed E-state index contributed by atoms with van der Waals surface area (Å²) in [5.41, 5.74) is 3.35. The van der Waals surface area contributed by atoms with E-state index in [0.29, 0.717) is 22.5 Å². The lowest BCUT2D eigenvalue weighted by Gasteiger charge is -2.09. The third kappa shape index (κ3) is 4.55. The number of nitrogens with one attached hydrogen (secondary N) is 2. The van der Waals surface area contributed by atoms with E-state index in [1.807, 2.05) is 0 Å². The van der Waals surface area contributed by atoms with Gasteiger partial charge in [-0.15, -0.1) is 0 Å². The molecule has 6 heteroatoms. The third-order valence-corrected chi connectivity index (χ3v) is 3.82. The Morgan fingerprint density at radius 2 is 1.74 bits per heavy atom. The van der Waals surface area contributed by atoms with Crippen molar-refractivity contribution in [2.24, 2.45) is 0 Å². The molecule has 0 bridgehead atoms. The number of Topliss-reactive ketones (excluding diaryl/α,β-unsaturated/α-hetero) is 1. The van der Waals surface area contributed by atoms with Crippen molar-refractivity contribution in [2.45, 2.75) is 6.92 Å². The summed E-state index contributed by atoms with van der Waals surface area (Å²) in [6.07, 6.45) is 1.53. The first-order chi connectivity index (χ1) is 13.0. The number of amides is 1. The number of rotatable bonds is 5. The van der Waals surface area contributed by atoms with Crippen molar-refractivity contribution in [1.29, 1.82) is 5.26 Å². The number of anilines is 3. The molecule has 0 aliphatic rings. The molecule has 0 aliphatic carbocycles. The first-order valence-corrected chi connectivity index (χ1v) is 8.21. The maximum atomic E-state index is 12.5. The molecule has 2 aromatic carbocycles. The minimum Gasteiger partial charge on any atom is -0.355 e. The zero-order valence-electron chi connectivity index (χ0n) is 14.6. The van der Waals surface area contributed by atoms with Crippen LogP contribution >= 0.6 is 0 Å². The monoisotopic (exact) mass is 356 g/mol. The molecule has 0 radical (unpaired) electrons. The van der Waals surface area contributed by atoms with Crippen molar-refractivity contribution < 1.29 is 9.59 Å². The molecular formula is C21H16N4O2. The summed E-state index contributed by atoms with van der Waals surface area (Å²) in [6.45, 7) is 1.47. The summed E-state index contributed by atoms with van der Waals surface area (Å²) in [5, 5.41) is 14.7. The zero-order valence-corrected chi connectivity index (χ0v) is 14.6. The van der Waals surface area contributed by atoms with E-state index in [4.69, 9.17) is 5.26 Å². The Morgan fingerprint density at radius 1 is 0.963 bits per heavy atom. The molecule has 0 atom stereocenters. The fraction of sp³-hybridized carbons (Fsp3) is 0.0476. The highest BCUT2D eigenvalue weighted by molar-refractivity contribution is 6.04. The quantitative estimate of drug-likeness (QED) is 0.670. The van der Waals surface area contributed by atoms with E-state index in [0.717, 1.165) is 5.69 Å². The Bertz CT molecular complexity index is 1040. The molecule has 6 nitrogen and oxygen atoms in total. The Kier molecular flexibility index (Phi) is 5.24. The molecular weight excluding hydrogens is 340 g/mol. The Labute approximate surface area is 156 Å². The number of aromatic nitrogens is 1. The Morgan fingerprint density at radius 3 is 2.44 bits per heavy atom. The highest BCUT2D eigenvalue weighted by Crippen LogP contribution is 2.18. The standard InChI is InChI=1S/C21H16N4O2/c1-14(26)16-3-2-4-18(11-16)25-21(27)20-12-19(9-10-23-20)24-17-7-5-15(13-22)6-8-17/h2-12H,1H3,(H,23,24)(H,25,27). The van der Waals surface area contributed by atoms with Gasteiger partial charge in [0.1, 0.15) is 5.69 Å². The average Bonchev–Trinajstić information content (AvgIpc) is 2.69. The predicted molar refractivity (Wildman–Crippen MR) is 103 cm³/mol. The predicted octanol–water partition coefficient (Wildman–Crippen LogP) is 4.15. The van der Waals surface area contributed by atoms with E-state index in [9.17, 15) is 9.59 Å². The molecule has 1 amide bonds. The Hall–Kier alpha value is -3.98. The van der Waals surface area contributed by atoms with Gasteiger partial charge in [0.25, 0.3) is 5.91 Å². The molecule has 3 aromatic rings. The number of nitriles is 1. The molecule has 0 unspecified atom stereocenters. The SMILES string of the molecule is CC(=O)c1cccc(NC(=O)c2cc(Nc3ccc(C#N)cc3)ccn2)c1. The van der Waals surface area contributed by atoms with E-state index in [1.54, 1.807) is 60.7 Å².